The first-order valence-corrected chi connectivity index (χ1v) is 14.9. The maximum atomic E-state index is 14.1. The average Bonchev–Trinajstić information content (AvgIpc) is 3.34. The predicted octanol–water partition coefficient (Wildman–Crippen LogP) is 4.65. The van der Waals surface area contributed by atoms with Crippen LogP contribution in [-0.2, 0) is 19.6 Å². The molecule has 2 aromatic carbocycles. The second kappa shape index (κ2) is 12.0. The van der Waals surface area contributed by atoms with E-state index >= 15 is 0 Å². The van der Waals surface area contributed by atoms with Crippen LogP contribution in [0.4, 0.5) is 0 Å². The number of carbonyl (C=O) groups is 2. The molecule has 1 aromatic heterocycles. The van der Waals surface area contributed by atoms with Gasteiger partial charge in [0.15, 0.2) is 10.6 Å². The summed E-state index contributed by atoms with van der Waals surface area (Å²) in [5.74, 6) is -1.03. The van der Waals surface area contributed by atoms with Gasteiger partial charge in [-0.05, 0) is 37.0 Å². The minimum atomic E-state index is -4.43. The van der Waals surface area contributed by atoms with Crippen molar-refractivity contribution in [3.63, 3.8) is 0 Å². The van der Waals surface area contributed by atoms with Gasteiger partial charge < -0.3 is 23.9 Å². The largest absolute Gasteiger partial charge is 0.496 e. The molecule has 0 spiro atoms. The van der Waals surface area contributed by atoms with Gasteiger partial charge in [-0.2, -0.15) is 4.72 Å². The molecule has 0 saturated heterocycles. The minimum Gasteiger partial charge on any atom is -0.496 e. The molecule has 2 unspecified atom stereocenters. The second-order valence-corrected chi connectivity index (χ2v) is 12.4. The van der Waals surface area contributed by atoms with Gasteiger partial charge in [0.25, 0.3) is 5.91 Å². The van der Waals surface area contributed by atoms with Crippen LogP contribution < -0.4 is 19.5 Å². The van der Waals surface area contributed by atoms with Gasteiger partial charge in [-0.25, -0.2) is 8.42 Å². The number of fused-ring (bicyclic) bond motifs is 1. The molecule has 0 radical (unpaired) electrons. The summed E-state index contributed by atoms with van der Waals surface area (Å²) in [6, 6.07) is 9.99. The molecule has 1 heterocycles. The third kappa shape index (κ3) is 5.54. The highest BCUT2D eigenvalue weighted by Crippen LogP contribution is 2.40. The number of sulfonamides is 1. The molecular weight excluding hydrogens is 560 g/mol. The number of ether oxygens (including phenoxy) is 3. The molecule has 0 saturated carbocycles. The summed E-state index contributed by atoms with van der Waals surface area (Å²) in [6.07, 6.45) is 4.69. The van der Waals surface area contributed by atoms with E-state index in [1.807, 2.05) is 30.3 Å². The first kappa shape index (κ1) is 30.9. The molecule has 1 aliphatic rings. The number of methoxy groups -OCH3 is 3. The summed E-state index contributed by atoms with van der Waals surface area (Å²) >= 11 is 0. The van der Waals surface area contributed by atoms with Gasteiger partial charge in [0.1, 0.15) is 23.1 Å². The molecule has 10 nitrogen and oxygen atoms in total. The van der Waals surface area contributed by atoms with Crippen molar-refractivity contribution in [2.75, 3.05) is 21.3 Å². The summed E-state index contributed by atoms with van der Waals surface area (Å²) in [5, 5.41) is 3.29. The van der Waals surface area contributed by atoms with Gasteiger partial charge in [-0.1, -0.05) is 56.3 Å². The van der Waals surface area contributed by atoms with Crippen LogP contribution in [0.15, 0.2) is 59.0 Å². The topological polar surface area (TPSA) is 133 Å². The molecule has 3 aromatic rings. The molecule has 2 N–H and O–H groups in total. The highest BCUT2D eigenvalue weighted by molar-refractivity contribution is 7.91. The number of hydrogen-bond acceptors (Lipinski definition) is 8. The molecule has 224 valence electrons. The quantitative estimate of drug-likeness (QED) is 0.323. The van der Waals surface area contributed by atoms with Crippen molar-refractivity contribution < 1.29 is 36.6 Å². The summed E-state index contributed by atoms with van der Waals surface area (Å²) in [7, 11) is -0.222. The number of hydrogen-bond donors (Lipinski definition) is 2. The van der Waals surface area contributed by atoms with Gasteiger partial charge in [0.05, 0.1) is 26.7 Å². The van der Waals surface area contributed by atoms with Crippen LogP contribution in [0.2, 0.25) is 0 Å². The fourth-order valence-electron chi connectivity index (χ4n) is 5.01. The van der Waals surface area contributed by atoms with Gasteiger partial charge in [-0.3, -0.25) is 9.59 Å². The molecule has 4 rings (SSSR count). The Hall–Kier alpha value is -4.09. The lowest BCUT2D eigenvalue weighted by Crippen LogP contribution is -2.60. The monoisotopic (exact) mass is 596 g/mol. The lowest BCUT2D eigenvalue weighted by molar-refractivity contribution is -0.143. The molecule has 1 aliphatic carbocycles. The first-order valence-electron chi connectivity index (χ1n) is 13.4. The zero-order valence-corrected chi connectivity index (χ0v) is 25.5. The van der Waals surface area contributed by atoms with Crippen molar-refractivity contribution in [3.05, 3.63) is 77.1 Å². The van der Waals surface area contributed by atoms with Crippen molar-refractivity contribution in [2.45, 2.75) is 45.0 Å². The van der Waals surface area contributed by atoms with E-state index in [1.54, 1.807) is 45.9 Å². The molecule has 1 amide bonds. The molecular formula is C31H36N2O8S. The van der Waals surface area contributed by atoms with Crippen LogP contribution >= 0.6 is 0 Å². The standard InChI is InChI=1S/C31H36N2O8S/c1-18(2)26(30(35)40-7)33-42(36,37)31(15-13-22(14-16-31)21-11-9-8-10-12-21)32-29(34)28-20(4)25-24(39-6)17-23(38-5)19(3)27(25)41-28/h8-15,17-18,26,33H,16H2,1-7H3,(H,32,34). The lowest BCUT2D eigenvalue weighted by atomic mass is 9.96. The number of esters is 1. The Morgan fingerprint density at radius 2 is 1.67 bits per heavy atom. The normalized spacial score (nSPS) is 17.6. The van der Waals surface area contributed by atoms with E-state index in [9.17, 15) is 18.0 Å². The first-order chi connectivity index (χ1) is 19.9. The Balaban J connectivity index is 1.80. The van der Waals surface area contributed by atoms with Crippen LogP contribution in [0.5, 0.6) is 11.5 Å². The third-order valence-electron chi connectivity index (χ3n) is 7.48. The number of furan rings is 1. The van der Waals surface area contributed by atoms with Gasteiger partial charge in [0, 0.05) is 23.6 Å². The van der Waals surface area contributed by atoms with E-state index in [0.29, 0.717) is 33.6 Å². The molecule has 42 heavy (non-hydrogen) atoms. The van der Waals surface area contributed by atoms with Gasteiger partial charge >= 0.3 is 5.97 Å². The van der Waals surface area contributed by atoms with E-state index in [1.165, 1.54) is 27.4 Å². The van der Waals surface area contributed by atoms with Crippen LogP contribution in [-0.4, -0.2) is 52.5 Å². The maximum Gasteiger partial charge on any atom is 0.324 e. The Bertz CT molecular complexity index is 1670. The van der Waals surface area contributed by atoms with E-state index in [-0.39, 0.29) is 12.2 Å². The van der Waals surface area contributed by atoms with Crippen LogP contribution in [0, 0.1) is 19.8 Å². The number of benzene rings is 2. The fourth-order valence-corrected chi connectivity index (χ4v) is 6.70. The molecule has 0 aliphatic heterocycles. The Kier molecular flexibility index (Phi) is 8.84. The van der Waals surface area contributed by atoms with Gasteiger partial charge in [0.2, 0.25) is 10.0 Å². The summed E-state index contributed by atoms with van der Waals surface area (Å²) < 4.78 is 52.5. The van der Waals surface area contributed by atoms with Crippen LogP contribution in [0.1, 0.15) is 47.5 Å². The SMILES string of the molecule is COC(=O)C(NS(=O)(=O)C1(NC(=O)c2oc3c(C)c(OC)cc(OC)c3c2C)C=CC(c2ccccc2)=CC1)C(C)C. The van der Waals surface area contributed by atoms with E-state index in [0.717, 1.165) is 11.1 Å². The zero-order valence-electron chi connectivity index (χ0n) is 24.7. The van der Waals surface area contributed by atoms with Crippen molar-refractivity contribution in [1.82, 2.24) is 10.0 Å². The number of rotatable bonds is 10. The lowest BCUT2D eigenvalue weighted by Gasteiger charge is -2.34. The highest BCUT2D eigenvalue weighted by Gasteiger charge is 2.47. The van der Waals surface area contributed by atoms with E-state index in [4.69, 9.17) is 18.6 Å². The molecule has 0 bridgehead atoms. The van der Waals surface area contributed by atoms with E-state index in [2.05, 4.69) is 10.0 Å². The van der Waals surface area contributed by atoms with Crippen LogP contribution in [0.25, 0.3) is 16.5 Å². The maximum absolute atomic E-state index is 14.1. The molecule has 0 fully saturated rings. The number of carbonyl (C=O) groups excluding carboxylic acids is 2. The van der Waals surface area contributed by atoms with Crippen molar-refractivity contribution >= 4 is 38.4 Å². The second-order valence-electron chi connectivity index (χ2n) is 10.4. The summed E-state index contributed by atoms with van der Waals surface area (Å²) in [4.78, 5) is 24.4. The molecule has 11 heteroatoms. The minimum absolute atomic E-state index is 0.0751. The smallest absolute Gasteiger partial charge is 0.324 e. The van der Waals surface area contributed by atoms with E-state index < -0.39 is 38.7 Å². The van der Waals surface area contributed by atoms with Crippen LogP contribution in [0.3, 0.4) is 0 Å². The van der Waals surface area contributed by atoms with Crippen molar-refractivity contribution in [2.24, 2.45) is 5.92 Å². The number of aryl methyl sites for hydroxylation is 2. The fraction of sp³-hybridized carbons (Fsp3) is 0.355. The molecule has 2 atom stereocenters. The number of amides is 1. The average molecular weight is 597 g/mol. The Labute approximate surface area is 245 Å². The zero-order chi connectivity index (χ0) is 30.8. The Morgan fingerprint density at radius 3 is 2.21 bits per heavy atom. The highest BCUT2D eigenvalue weighted by atomic mass is 32.2. The predicted molar refractivity (Wildman–Crippen MR) is 160 cm³/mol. The van der Waals surface area contributed by atoms with Gasteiger partial charge in [-0.15, -0.1) is 0 Å². The Morgan fingerprint density at radius 1 is 1.00 bits per heavy atom. The summed E-state index contributed by atoms with van der Waals surface area (Å²) in [6.45, 7) is 6.88. The summed E-state index contributed by atoms with van der Waals surface area (Å²) in [5.41, 5.74) is 3.19. The van der Waals surface area contributed by atoms with Crippen molar-refractivity contribution in [1.29, 1.82) is 0 Å². The number of nitrogens with one attached hydrogen (secondary N) is 2. The number of allylic oxidation sites excluding steroid dienone is 2. The van der Waals surface area contributed by atoms with Crippen molar-refractivity contribution in [3.8, 4) is 11.5 Å². The third-order valence-corrected chi connectivity index (χ3v) is 9.41.